The van der Waals surface area contributed by atoms with Crippen molar-refractivity contribution in [1.29, 1.82) is 0 Å². The van der Waals surface area contributed by atoms with Gasteiger partial charge in [-0.05, 0) is 23.7 Å². The predicted molar refractivity (Wildman–Crippen MR) is 79.3 cm³/mol. The number of benzene rings is 1. The molecule has 9 heteroatoms. The summed E-state index contributed by atoms with van der Waals surface area (Å²) in [6.07, 6.45) is 0. The number of anilines is 1. The third kappa shape index (κ3) is 3.09. The number of carbonyl (C=O) groups excluding carboxylic acids is 3. The molecule has 0 aliphatic carbocycles. The monoisotopic (exact) mass is 320 g/mol. The normalized spacial score (nSPS) is 9.91. The van der Waals surface area contributed by atoms with Crippen LogP contribution in [-0.2, 0) is 4.79 Å². The Kier molecular flexibility index (Phi) is 4.79. The van der Waals surface area contributed by atoms with Crippen molar-refractivity contribution in [3.05, 3.63) is 34.8 Å². The number of Topliss-reactive ketones (excluding diaryl/α,β-unsaturated/α-hetero) is 1. The third-order valence-electron chi connectivity index (χ3n) is 2.70. The molecule has 1 aromatic heterocycles. The zero-order valence-corrected chi connectivity index (χ0v) is 12.6. The maximum atomic E-state index is 12.1. The number of amides is 2. The Hall–Kier alpha value is -2.81. The molecule has 0 fully saturated rings. The van der Waals surface area contributed by atoms with Gasteiger partial charge in [-0.3, -0.25) is 14.4 Å². The van der Waals surface area contributed by atoms with Crippen LogP contribution in [0.4, 0.5) is 5.69 Å². The Morgan fingerprint density at radius 2 is 1.95 bits per heavy atom. The van der Waals surface area contributed by atoms with Gasteiger partial charge in [0.25, 0.3) is 17.6 Å². The number of ketones is 1. The van der Waals surface area contributed by atoms with E-state index >= 15 is 0 Å². The number of hydrogen-bond donors (Lipinski definition) is 2. The number of hydrogen-bond acceptors (Lipinski definition) is 7. The minimum Gasteiger partial charge on any atom is -0.495 e. The number of carbonyl (C=O) groups is 3. The molecule has 1 heterocycles. The lowest BCUT2D eigenvalue weighted by molar-refractivity contribution is -0.112. The molecule has 0 aliphatic rings. The summed E-state index contributed by atoms with van der Waals surface area (Å²) in [5.74, 6) is -1.96. The van der Waals surface area contributed by atoms with Gasteiger partial charge in [0.05, 0.1) is 12.8 Å². The zero-order valence-electron chi connectivity index (χ0n) is 11.7. The van der Waals surface area contributed by atoms with Crippen molar-refractivity contribution in [3.63, 3.8) is 0 Å². The van der Waals surface area contributed by atoms with Crippen LogP contribution < -0.4 is 15.4 Å². The molecule has 2 rings (SSSR count). The van der Waals surface area contributed by atoms with Gasteiger partial charge in [0.1, 0.15) is 10.6 Å². The second-order valence-electron chi connectivity index (χ2n) is 4.01. The number of ether oxygens (including phenoxy) is 1. The number of nitrogens with one attached hydrogen (secondary N) is 2. The van der Waals surface area contributed by atoms with Gasteiger partial charge in [0, 0.05) is 7.05 Å². The van der Waals surface area contributed by atoms with Crippen molar-refractivity contribution in [1.82, 2.24) is 14.9 Å². The number of aromatic nitrogens is 2. The first-order valence-corrected chi connectivity index (χ1v) is 6.89. The second kappa shape index (κ2) is 6.76. The molecule has 22 heavy (non-hydrogen) atoms. The average Bonchev–Trinajstić information content (AvgIpc) is 3.03. The summed E-state index contributed by atoms with van der Waals surface area (Å²) < 4.78 is 8.62. The lowest BCUT2D eigenvalue weighted by Gasteiger charge is -2.08. The fourth-order valence-electron chi connectivity index (χ4n) is 1.64. The Morgan fingerprint density at radius 3 is 2.64 bits per heavy atom. The first kappa shape index (κ1) is 15.6. The summed E-state index contributed by atoms with van der Waals surface area (Å²) in [6.45, 7) is 0. The van der Waals surface area contributed by atoms with Crippen molar-refractivity contribution < 1.29 is 19.1 Å². The Bertz CT molecular complexity index is 728. The van der Waals surface area contributed by atoms with Crippen LogP contribution in [0.1, 0.15) is 20.2 Å². The molecule has 2 amide bonds. The van der Waals surface area contributed by atoms with E-state index < -0.39 is 17.6 Å². The van der Waals surface area contributed by atoms with E-state index in [1.165, 1.54) is 14.2 Å². The van der Waals surface area contributed by atoms with E-state index in [0.717, 1.165) is 0 Å². The highest BCUT2D eigenvalue weighted by Crippen LogP contribution is 2.23. The first-order chi connectivity index (χ1) is 10.6. The Labute approximate surface area is 129 Å². The summed E-state index contributed by atoms with van der Waals surface area (Å²) in [5, 5.41) is 8.33. The van der Waals surface area contributed by atoms with Gasteiger partial charge < -0.3 is 15.4 Å². The standard InChI is InChI=1S/C13H12N4O4S/c1-14-12(19)9-11(22-17-16-9)10(18)13(20)15-7-5-3-4-6-8(7)21-2/h3-6H,1-2H3,(H,14,19)(H,15,20). The van der Waals surface area contributed by atoms with Crippen molar-refractivity contribution in [2.45, 2.75) is 0 Å². The minimum atomic E-state index is -0.902. The van der Waals surface area contributed by atoms with Crippen LogP contribution >= 0.6 is 11.5 Å². The van der Waals surface area contributed by atoms with Gasteiger partial charge in [-0.1, -0.05) is 16.6 Å². The first-order valence-electron chi connectivity index (χ1n) is 6.11. The van der Waals surface area contributed by atoms with Crippen LogP contribution in [0, 0.1) is 0 Å². The highest BCUT2D eigenvalue weighted by Gasteiger charge is 2.27. The van der Waals surface area contributed by atoms with Gasteiger partial charge >= 0.3 is 0 Å². The summed E-state index contributed by atoms with van der Waals surface area (Å²) >= 11 is 0.687. The third-order valence-corrected chi connectivity index (χ3v) is 3.42. The topological polar surface area (TPSA) is 110 Å². The molecule has 0 saturated carbocycles. The van der Waals surface area contributed by atoms with E-state index in [1.807, 2.05) is 0 Å². The van der Waals surface area contributed by atoms with Crippen LogP contribution in [0.15, 0.2) is 24.3 Å². The Morgan fingerprint density at radius 1 is 1.23 bits per heavy atom. The number of para-hydroxylation sites is 2. The molecule has 114 valence electrons. The molecule has 2 aromatic rings. The lowest BCUT2D eigenvalue weighted by atomic mass is 10.2. The van der Waals surface area contributed by atoms with Crippen molar-refractivity contribution >= 4 is 34.8 Å². The van der Waals surface area contributed by atoms with Gasteiger partial charge in [-0.15, -0.1) is 5.10 Å². The molecule has 0 spiro atoms. The smallest absolute Gasteiger partial charge is 0.297 e. The van der Waals surface area contributed by atoms with E-state index in [1.54, 1.807) is 24.3 Å². The number of methoxy groups -OCH3 is 1. The van der Waals surface area contributed by atoms with Gasteiger partial charge in [-0.2, -0.15) is 0 Å². The van der Waals surface area contributed by atoms with Crippen molar-refractivity contribution in [2.24, 2.45) is 0 Å². The van der Waals surface area contributed by atoms with Crippen LogP contribution in [0.5, 0.6) is 5.75 Å². The Balaban J connectivity index is 2.22. The molecule has 0 radical (unpaired) electrons. The number of nitrogens with zero attached hydrogens (tertiary/aromatic N) is 2. The highest BCUT2D eigenvalue weighted by molar-refractivity contribution is 7.09. The van der Waals surface area contributed by atoms with Crippen molar-refractivity contribution in [3.8, 4) is 5.75 Å². The molecule has 1 aromatic carbocycles. The van der Waals surface area contributed by atoms with Gasteiger partial charge in [0.2, 0.25) is 0 Å². The van der Waals surface area contributed by atoms with Crippen LogP contribution in [0.25, 0.3) is 0 Å². The fraction of sp³-hybridized carbons (Fsp3) is 0.154. The van der Waals surface area contributed by atoms with Crippen LogP contribution in [-0.4, -0.2) is 41.3 Å². The molecular weight excluding hydrogens is 308 g/mol. The fourth-order valence-corrected chi connectivity index (χ4v) is 2.24. The molecule has 0 saturated heterocycles. The molecular formula is C13H12N4O4S. The van der Waals surface area contributed by atoms with Gasteiger partial charge in [0.15, 0.2) is 5.69 Å². The lowest BCUT2D eigenvalue weighted by Crippen LogP contribution is -2.26. The van der Waals surface area contributed by atoms with E-state index in [4.69, 9.17) is 4.74 Å². The molecule has 0 aliphatic heterocycles. The molecule has 0 atom stereocenters. The van der Waals surface area contributed by atoms with E-state index in [0.29, 0.717) is 23.0 Å². The van der Waals surface area contributed by atoms with E-state index in [2.05, 4.69) is 20.2 Å². The summed E-state index contributed by atoms with van der Waals surface area (Å²) in [6, 6.07) is 6.65. The summed E-state index contributed by atoms with van der Waals surface area (Å²) in [4.78, 5) is 35.6. The zero-order chi connectivity index (χ0) is 16.1. The maximum Gasteiger partial charge on any atom is 0.297 e. The van der Waals surface area contributed by atoms with E-state index in [-0.39, 0.29) is 10.6 Å². The molecule has 0 unspecified atom stereocenters. The SMILES string of the molecule is CNC(=O)c1nnsc1C(=O)C(=O)Nc1ccccc1OC. The maximum absolute atomic E-state index is 12.1. The van der Waals surface area contributed by atoms with E-state index in [9.17, 15) is 14.4 Å². The highest BCUT2D eigenvalue weighted by atomic mass is 32.1. The molecule has 0 bridgehead atoms. The molecule has 2 N–H and O–H groups in total. The largest absolute Gasteiger partial charge is 0.495 e. The predicted octanol–water partition coefficient (Wildman–Crippen LogP) is 0.728. The number of rotatable bonds is 5. The van der Waals surface area contributed by atoms with Gasteiger partial charge in [-0.25, -0.2) is 0 Å². The minimum absolute atomic E-state index is 0.119. The summed E-state index contributed by atoms with van der Waals surface area (Å²) in [5.41, 5.74) is 0.176. The van der Waals surface area contributed by atoms with Crippen LogP contribution in [0.3, 0.4) is 0 Å². The second-order valence-corrected chi connectivity index (χ2v) is 4.77. The average molecular weight is 320 g/mol. The van der Waals surface area contributed by atoms with Crippen molar-refractivity contribution in [2.75, 3.05) is 19.5 Å². The molecule has 8 nitrogen and oxygen atoms in total. The summed E-state index contributed by atoms with van der Waals surface area (Å²) in [7, 11) is 2.84. The quantitative estimate of drug-likeness (QED) is 0.620. The van der Waals surface area contributed by atoms with Crippen LogP contribution in [0.2, 0.25) is 0 Å².